The van der Waals surface area contributed by atoms with Gasteiger partial charge in [0, 0.05) is 12.0 Å². The largest absolute Gasteiger partial charge is 0.496 e. The van der Waals surface area contributed by atoms with Gasteiger partial charge in [-0.3, -0.25) is 0 Å². The Labute approximate surface area is 147 Å². The van der Waals surface area contributed by atoms with Crippen molar-refractivity contribution in [2.45, 2.75) is 20.3 Å². The van der Waals surface area contributed by atoms with E-state index in [2.05, 4.69) is 5.16 Å². The predicted octanol–water partition coefficient (Wildman–Crippen LogP) is 2.75. The van der Waals surface area contributed by atoms with Gasteiger partial charge in [0.05, 0.1) is 7.11 Å². The monoisotopic (exact) mass is 342 g/mol. The Kier molecular flexibility index (Phi) is 6.39. The smallest absolute Gasteiger partial charge is 0.372 e. The number of ether oxygens (including phenoxy) is 2. The second-order valence-corrected chi connectivity index (χ2v) is 5.59. The van der Waals surface area contributed by atoms with Crippen LogP contribution in [0.15, 0.2) is 47.6 Å². The highest BCUT2D eigenvalue weighted by molar-refractivity contribution is 5.83. The summed E-state index contributed by atoms with van der Waals surface area (Å²) >= 11 is 0. The van der Waals surface area contributed by atoms with Crippen molar-refractivity contribution >= 4 is 11.8 Å². The first-order chi connectivity index (χ1) is 12.0. The average molecular weight is 342 g/mol. The average Bonchev–Trinajstić information content (AvgIpc) is 2.59. The molecule has 0 heterocycles. The number of carbonyl (C=O) groups is 1. The third kappa shape index (κ3) is 5.53. The zero-order chi connectivity index (χ0) is 18.2. The number of oxime groups is 1. The quantitative estimate of drug-likeness (QED) is 0.362. The minimum Gasteiger partial charge on any atom is -0.496 e. The van der Waals surface area contributed by atoms with E-state index < -0.39 is 5.97 Å². The summed E-state index contributed by atoms with van der Waals surface area (Å²) in [5, 5.41) is 3.65. The molecule has 0 aromatic heterocycles. The number of methoxy groups -OCH3 is 1. The standard InChI is InChI=1S/C19H22N2O4/c1-13-8-9-16(14(2)10-13)24-12-19(22)25-21-18(20)11-15-6-4-5-7-17(15)23-3/h4-10H,11-12H2,1-3H3,(H2,20,21). The minimum absolute atomic E-state index is 0.171. The molecule has 0 bridgehead atoms. The summed E-state index contributed by atoms with van der Waals surface area (Å²) in [4.78, 5) is 16.5. The zero-order valence-corrected chi connectivity index (χ0v) is 14.6. The van der Waals surface area contributed by atoms with Gasteiger partial charge in [0.1, 0.15) is 17.3 Å². The first kappa shape index (κ1) is 18.3. The van der Waals surface area contributed by atoms with E-state index in [1.54, 1.807) is 7.11 Å². The molecule has 25 heavy (non-hydrogen) atoms. The molecule has 0 amide bonds. The highest BCUT2D eigenvalue weighted by Crippen LogP contribution is 2.19. The van der Waals surface area contributed by atoms with Crippen LogP contribution in [0.2, 0.25) is 0 Å². The Balaban J connectivity index is 1.86. The molecule has 0 fully saturated rings. The normalized spacial score (nSPS) is 11.1. The molecular weight excluding hydrogens is 320 g/mol. The molecule has 2 N–H and O–H groups in total. The van der Waals surface area contributed by atoms with Crippen molar-refractivity contribution in [3.05, 3.63) is 59.2 Å². The predicted molar refractivity (Wildman–Crippen MR) is 95.8 cm³/mol. The Morgan fingerprint density at radius 3 is 2.60 bits per heavy atom. The second kappa shape index (κ2) is 8.73. The number of amidine groups is 1. The van der Waals surface area contributed by atoms with Crippen LogP contribution in [-0.2, 0) is 16.1 Å². The summed E-state index contributed by atoms with van der Waals surface area (Å²) in [6.45, 7) is 3.66. The fourth-order valence-electron chi connectivity index (χ4n) is 2.31. The van der Waals surface area contributed by atoms with Gasteiger partial charge in [-0.25, -0.2) is 4.79 Å². The summed E-state index contributed by atoms with van der Waals surface area (Å²) in [6, 6.07) is 13.1. The van der Waals surface area contributed by atoms with E-state index in [0.29, 0.717) is 17.9 Å². The van der Waals surface area contributed by atoms with Crippen LogP contribution in [0.4, 0.5) is 0 Å². The number of rotatable bonds is 7. The van der Waals surface area contributed by atoms with Crippen molar-refractivity contribution in [3.8, 4) is 11.5 Å². The number of aryl methyl sites for hydroxylation is 2. The summed E-state index contributed by atoms with van der Waals surface area (Å²) in [6.07, 6.45) is 0.315. The van der Waals surface area contributed by atoms with Crippen molar-refractivity contribution in [3.63, 3.8) is 0 Å². The molecule has 0 unspecified atom stereocenters. The van der Waals surface area contributed by atoms with Crippen molar-refractivity contribution in [2.24, 2.45) is 10.9 Å². The Morgan fingerprint density at radius 2 is 1.88 bits per heavy atom. The van der Waals surface area contributed by atoms with Crippen LogP contribution >= 0.6 is 0 Å². The maximum Gasteiger partial charge on any atom is 0.372 e. The topological polar surface area (TPSA) is 83.1 Å². The fraction of sp³-hybridized carbons (Fsp3) is 0.263. The van der Waals surface area contributed by atoms with Gasteiger partial charge in [-0.2, -0.15) is 0 Å². The first-order valence-electron chi connectivity index (χ1n) is 7.83. The van der Waals surface area contributed by atoms with E-state index in [0.717, 1.165) is 16.7 Å². The van der Waals surface area contributed by atoms with Gasteiger partial charge >= 0.3 is 5.97 Å². The number of benzene rings is 2. The molecule has 2 aromatic rings. The molecule has 6 heteroatoms. The Morgan fingerprint density at radius 1 is 1.12 bits per heavy atom. The van der Waals surface area contributed by atoms with E-state index >= 15 is 0 Å². The number of carbonyl (C=O) groups excluding carboxylic acids is 1. The van der Waals surface area contributed by atoms with Crippen LogP contribution in [0.1, 0.15) is 16.7 Å². The molecule has 0 aliphatic carbocycles. The van der Waals surface area contributed by atoms with Crippen molar-refractivity contribution in [1.29, 1.82) is 0 Å². The lowest BCUT2D eigenvalue weighted by Crippen LogP contribution is -2.19. The number of nitrogens with two attached hydrogens (primary N) is 1. The molecule has 0 saturated heterocycles. The molecule has 132 valence electrons. The van der Waals surface area contributed by atoms with E-state index in [-0.39, 0.29) is 12.4 Å². The van der Waals surface area contributed by atoms with Gasteiger partial charge in [0.25, 0.3) is 0 Å². The lowest BCUT2D eigenvalue weighted by molar-refractivity contribution is -0.146. The van der Waals surface area contributed by atoms with E-state index in [1.807, 2.05) is 56.3 Å². The molecular formula is C19H22N2O4. The molecule has 0 saturated carbocycles. The Hall–Kier alpha value is -3.02. The SMILES string of the molecule is COc1ccccc1CC(N)=NOC(=O)COc1ccc(C)cc1C. The molecule has 2 rings (SSSR count). The van der Waals surface area contributed by atoms with Gasteiger partial charge in [0.2, 0.25) is 0 Å². The molecule has 2 aromatic carbocycles. The molecule has 0 aliphatic heterocycles. The van der Waals surface area contributed by atoms with Crippen LogP contribution in [0.25, 0.3) is 0 Å². The van der Waals surface area contributed by atoms with E-state index in [4.69, 9.17) is 20.0 Å². The van der Waals surface area contributed by atoms with E-state index in [9.17, 15) is 4.79 Å². The lowest BCUT2D eigenvalue weighted by atomic mass is 10.1. The molecule has 6 nitrogen and oxygen atoms in total. The maximum atomic E-state index is 11.7. The van der Waals surface area contributed by atoms with Crippen molar-refractivity contribution in [1.82, 2.24) is 0 Å². The van der Waals surface area contributed by atoms with Gasteiger partial charge in [-0.05, 0) is 31.5 Å². The molecule has 0 radical (unpaired) electrons. The van der Waals surface area contributed by atoms with Gasteiger partial charge < -0.3 is 20.0 Å². The summed E-state index contributed by atoms with van der Waals surface area (Å²) in [5.74, 6) is 0.881. The van der Waals surface area contributed by atoms with Crippen LogP contribution in [0.3, 0.4) is 0 Å². The number of hydrogen-bond acceptors (Lipinski definition) is 5. The molecule has 0 spiro atoms. The number of nitrogens with zero attached hydrogens (tertiary/aromatic N) is 1. The lowest BCUT2D eigenvalue weighted by Gasteiger charge is -2.09. The van der Waals surface area contributed by atoms with E-state index in [1.165, 1.54) is 0 Å². The summed E-state index contributed by atoms with van der Waals surface area (Å²) in [5.41, 5.74) is 8.73. The summed E-state index contributed by atoms with van der Waals surface area (Å²) in [7, 11) is 1.58. The van der Waals surface area contributed by atoms with Gasteiger partial charge in [-0.15, -0.1) is 0 Å². The van der Waals surface area contributed by atoms with Crippen LogP contribution < -0.4 is 15.2 Å². The minimum atomic E-state index is -0.622. The zero-order valence-electron chi connectivity index (χ0n) is 14.6. The number of para-hydroxylation sites is 1. The fourth-order valence-corrected chi connectivity index (χ4v) is 2.31. The third-order valence-corrected chi connectivity index (χ3v) is 3.50. The molecule has 0 aliphatic rings. The van der Waals surface area contributed by atoms with Crippen LogP contribution in [-0.4, -0.2) is 25.5 Å². The maximum absolute atomic E-state index is 11.7. The highest BCUT2D eigenvalue weighted by atomic mass is 16.7. The highest BCUT2D eigenvalue weighted by Gasteiger charge is 2.08. The summed E-state index contributed by atoms with van der Waals surface area (Å²) < 4.78 is 10.7. The van der Waals surface area contributed by atoms with Crippen LogP contribution in [0.5, 0.6) is 11.5 Å². The first-order valence-corrected chi connectivity index (χ1v) is 7.83. The van der Waals surface area contributed by atoms with Crippen molar-refractivity contribution in [2.75, 3.05) is 13.7 Å². The Bertz CT molecular complexity index is 772. The van der Waals surface area contributed by atoms with Gasteiger partial charge in [0.15, 0.2) is 6.61 Å². The van der Waals surface area contributed by atoms with Crippen molar-refractivity contribution < 1.29 is 19.1 Å². The molecule has 0 atom stereocenters. The third-order valence-electron chi connectivity index (χ3n) is 3.50. The number of hydrogen-bond donors (Lipinski definition) is 1. The van der Waals surface area contributed by atoms with Gasteiger partial charge in [-0.1, -0.05) is 41.1 Å². The second-order valence-electron chi connectivity index (χ2n) is 5.59. The van der Waals surface area contributed by atoms with Crippen LogP contribution in [0, 0.1) is 13.8 Å².